The molecule has 0 bridgehead atoms. The predicted molar refractivity (Wildman–Crippen MR) is 69.6 cm³/mol. The minimum atomic E-state index is -0.192. The Balaban J connectivity index is 2.05. The smallest absolute Gasteiger partial charge is 0.321 e. The van der Waals surface area contributed by atoms with E-state index in [0.717, 1.165) is 6.42 Å². The highest BCUT2D eigenvalue weighted by Crippen LogP contribution is 2.25. The molecular formula is C11H13Cl2N3O. The Morgan fingerprint density at radius 3 is 2.88 bits per heavy atom. The summed E-state index contributed by atoms with van der Waals surface area (Å²) in [7, 11) is 0. The Morgan fingerprint density at radius 2 is 2.24 bits per heavy atom. The molecule has 1 aliphatic rings. The fourth-order valence-electron chi connectivity index (χ4n) is 1.76. The number of nitrogens with zero attached hydrogens (tertiary/aromatic N) is 1. The third kappa shape index (κ3) is 3.03. The van der Waals surface area contributed by atoms with Crippen molar-refractivity contribution in [2.45, 2.75) is 12.5 Å². The number of carbonyl (C=O) groups is 1. The number of hydrogen-bond donors (Lipinski definition) is 2. The van der Waals surface area contributed by atoms with Crippen LogP contribution in [0.25, 0.3) is 0 Å². The molecule has 1 aromatic rings. The number of nitrogens with one attached hydrogen (secondary N) is 1. The largest absolute Gasteiger partial charge is 0.326 e. The van der Waals surface area contributed by atoms with Gasteiger partial charge >= 0.3 is 6.03 Å². The number of urea groups is 1. The summed E-state index contributed by atoms with van der Waals surface area (Å²) in [5, 5.41) is 3.72. The highest BCUT2D eigenvalue weighted by molar-refractivity contribution is 6.35. The molecule has 0 aromatic heterocycles. The first-order chi connectivity index (χ1) is 8.06. The molecule has 2 rings (SSSR count). The first kappa shape index (κ1) is 12.5. The monoisotopic (exact) mass is 273 g/mol. The summed E-state index contributed by atoms with van der Waals surface area (Å²) in [5.74, 6) is 0. The van der Waals surface area contributed by atoms with E-state index in [9.17, 15) is 4.79 Å². The number of likely N-dealkylation sites (tertiary alicyclic amines) is 1. The fraction of sp³-hybridized carbons (Fsp3) is 0.364. The number of amides is 2. The molecule has 92 valence electrons. The van der Waals surface area contributed by atoms with Gasteiger partial charge in [0.25, 0.3) is 0 Å². The Morgan fingerprint density at radius 1 is 1.47 bits per heavy atom. The summed E-state index contributed by atoms with van der Waals surface area (Å²) in [6, 6.07) is 4.82. The Kier molecular flexibility index (Phi) is 3.76. The van der Waals surface area contributed by atoms with E-state index in [-0.39, 0.29) is 12.1 Å². The van der Waals surface area contributed by atoms with Gasteiger partial charge in [-0.1, -0.05) is 23.2 Å². The molecular weight excluding hydrogens is 261 g/mol. The molecule has 0 unspecified atom stereocenters. The minimum absolute atomic E-state index is 0.0654. The van der Waals surface area contributed by atoms with E-state index in [1.165, 1.54) is 0 Å². The zero-order valence-corrected chi connectivity index (χ0v) is 10.6. The van der Waals surface area contributed by atoms with Crippen LogP contribution in [0.5, 0.6) is 0 Å². The zero-order chi connectivity index (χ0) is 12.4. The summed E-state index contributed by atoms with van der Waals surface area (Å²) in [5.41, 5.74) is 6.26. The number of hydrogen-bond acceptors (Lipinski definition) is 2. The highest BCUT2D eigenvalue weighted by Gasteiger charge is 2.23. The van der Waals surface area contributed by atoms with Gasteiger partial charge in [0.1, 0.15) is 0 Å². The molecule has 1 fully saturated rings. The van der Waals surface area contributed by atoms with Gasteiger partial charge in [0.05, 0.1) is 10.7 Å². The first-order valence-corrected chi connectivity index (χ1v) is 6.08. The van der Waals surface area contributed by atoms with Gasteiger partial charge in [-0.25, -0.2) is 4.79 Å². The molecule has 1 atom stereocenters. The molecule has 6 heteroatoms. The molecule has 2 amide bonds. The Bertz CT molecular complexity index is 439. The lowest BCUT2D eigenvalue weighted by atomic mass is 10.3. The SMILES string of the molecule is N[C@@H]1CCN(C(=O)Nc2cc(Cl)ccc2Cl)C1. The summed E-state index contributed by atoms with van der Waals surface area (Å²) in [6.45, 7) is 1.25. The van der Waals surface area contributed by atoms with Gasteiger partial charge in [0, 0.05) is 24.2 Å². The van der Waals surface area contributed by atoms with Crippen molar-refractivity contribution in [1.82, 2.24) is 4.90 Å². The van der Waals surface area contributed by atoms with E-state index in [1.54, 1.807) is 23.1 Å². The second-order valence-corrected chi connectivity index (χ2v) is 4.89. The number of rotatable bonds is 1. The maximum Gasteiger partial charge on any atom is 0.321 e. The van der Waals surface area contributed by atoms with Crippen LogP contribution in [0.1, 0.15) is 6.42 Å². The van der Waals surface area contributed by atoms with Crippen molar-refractivity contribution >= 4 is 34.9 Å². The van der Waals surface area contributed by atoms with Crippen molar-refractivity contribution in [3.8, 4) is 0 Å². The van der Waals surface area contributed by atoms with Crippen LogP contribution < -0.4 is 11.1 Å². The molecule has 4 nitrogen and oxygen atoms in total. The van der Waals surface area contributed by atoms with Crippen LogP contribution in [0.2, 0.25) is 10.0 Å². The minimum Gasteiger partial charge on any atom is -0.326 e. The summed E-state index contributed by atoms with van der Waals surface area (Å²) in [6.07, 6.45) is 0.830. The van der Waals surface area contributed by atoms with E-state index in [0.29, 0.717) is 28.8 Å². The topological polar surface area (TPSA) is 58.4 Å². The Labute approximate surface area is 110 Å². The molecule has 0 radical (unpaired) electrons. The van der Waals surface area contributed by atoms with Crippen molar-refractivity contribution in [2.75, 3.05) is 18.4 Å². The predicted octanol–water partition coefficient (Wildman–Crippen LogP) is 2.56. The molecule has 3 N–H and O–H groups in total. The lowest BCUT2D eigenvalue weighted by molar-refractivity contribution is 0.222. The van der Waals surface area contributed by atoms with Gasteiger partial charge < -0.3 is 16.0 Å². The first-order valence-electron chi connectivity index (χ1n) is 5.33. The van der Waals surface area contributed by atoms with E-state index in [4.69, 9.17) is 28.9 Å². The van der Waals surface area contributed by atoms with Crippen LogP contribution >= 0.6 is 23.2 Å². The maximum absolute atomic E-state index is 11.9. The average molecular weight is 274 g/mol. The number of carbonyl (C=O) groups excluding carboxylic acids is 1. The van der Waals surface area contributed by atoms with Crippen molar-refractivity contribution in [2.24, 2.45) is 5.73 Å². The van der Waals surface area contributed by atoms with E-state index in [1.807, 2.05) is 0 Å². The van der Waals surface area contributed by atoms with Crippen LogP contribution in [0.3, 0.4) is 0 Å². The normalized spacial score (nSPS) is 19.5. The van der Waals surface area contributed by atoms with Gasteiger partial charge in [-0.2, -0.15) is 0 Å². The number of anilines is 1. The second kappa shape index (κ2) is 5.12. The average Bonchev–Trinajstić information content (AvgIpc) is 2.70. The third-order valence-electron chi connectivity index (χ3n) is 2.68. The second-order valence-electron chi connectivity index (χ2n) is 4.05. The lowest BCUT2D eigenvalue weighted by Crippen LogP contribution is -2.35. The van der Waals surface area contributed by atoms with Gasteiger partial charge in [-0.05, 0) is 24.6 Å². The Hall–Kier alpha value is -0.970. The van der Waals surface area contributed by atoms with Crippen molar-refractivity contribution < 1.29 is 4.79 Å². The summed E-state index contributed by atoms with van der Waals surface area (Å²) < 4.78 is 0. The van der Waals surface area contributed by atoms with Gasteiger partial charge in [0.2, 0.25) is 0 Å². The van der Waals surface area contributed by atoms with Crippen LogP contribution in [0.15, 0.2) is 18.2 Å². The fourth-order valence-corrected chi connectivity index (χ4v) is 2.10. The zero-order valence-electron chi connectivity index (χ0n) is 9.12. The molecule has 1 saturated heterocycles. The van der Waals surface area contributed by atoms with Gasteiger partial charge in [-0.15, -0.1) is 0 Å². The molecule has 0 aliphatic carbocycles. The number of halogens is 2. The van der Waals surface area contributed by atoms with E-state index >= 15 is 0 Å². The maximum atomic E-state index is 11.9. The molecule has 17 heavy (non-hydrogen) atoms. The molecule has 1 heterocycles. The van der Waals surface area contributed by atoms with Gasteiger partial charge in [-0.3, -0.25) is 0 Å². The molecule has 1 aliphatic heterocycles. The molecule has 1 aromatic carbocycles. The van der Waals surface area contributed by atoms with Crippen molar-refractivity contribution in [3.05, 3.63) is 28.2 Å². The van der Waals surface area contributed by atoms with Crippen molar-refractivity contribution in [1.29, 1.82) is 0 Å². The number of benzene rings is 1. The summed E-state index contributed by atoms with van der Waals surface area (Å²) in [4.78, 5) is 13.5. The quantitative estimate of drug-likeness (QED) is 0.826. The van der Waals surface area contributed by atoms with Gasteiger partial charge in [0.15, 0.2) is 0 Å². The van der Waals surface area contributed by atoms with Crippen LogP contribution in [0.4, 0.5) is 10.5 Å². The van der Waals surface area contributed by atoms with Crippen LogP contribution in [-0.4, -0.2) is 30.1 Å². The van der Waals surface area contributed by atoms with Crippen LogP contribution in [0, 0.1) is 0 Å². The molecule has 0 spiro atoms. The highest BCUT2D eigenvalue weighted by atomic mass is 35.5. The van der Waals surface area contributed by atoms with E-state index in [2.05, 4.69) is 5.32 Å². The molecule has 0 saturated carbocycles. The lowest BCUT2D eigenvalue weighted by Gasteiger charge is -2.17. The van der Waals surface area contributed by atoms with Crippen molar-refractivity contribution in [3.63, 3.8) is 0 Å². The third-order valence-corrected chi connectivity index (χ3v) is 3.25. The standard InChI is InChI=1S/C11H13Cl2N3O/c12-7-1-2-9(13)10(5-7)15-11(17)16-4-3-8(14)6-16/h1-2,5,8H,3-4,6,14H2,(H,15,17)/t8-/m1/s1. The van der Waals surface area contributed by atoms with E-state index < -0.39 is 0 Å². The van der Waals surface area contributed by atoms with Crippen LogP contribution in [-0.2, 0) is 0 Å². The summed E-state index contributed by atoms with van der Waals surface area (Å²) >= 11 is 11.8. The number of nitrogens with two attached hydrogens (primary N) is 1.